The van der Waals surface area contributed by atoms with E-state index in [9.17, 15) is 18.4 Å². The SMILES string of the molecule is CCC1(CC)NC(=O)CCN(c2c(F)cccc2F)C1=O. The minimum Gasteiger partial charge on any atom is -0.342 e. The summed E-state index contributed by atoms with van der Waals surface area (Å²) in [6.45, 7) is 3.50. The van der Waals surface area contributed by atoms with Crippen LogP contribution in [-0.4, -0.2) is 23.9 Å². The van der Waals surface area contributed by atoms with Crippen LogP contribution in [0.15, 0.2) is 18.2 Å². The lowest BCUT2D eigenvalue weighted by Crippen LogP contribution is -2.56. The third kappa shape index (κ3) is 2.62. The molecule has 4 nitrogen and oxygen atoms in total. The van der Waals surface area contributed by atoms with Crippen molar-refractivity contribution in [2.45, 2.75) is 38.6 Å². The van der Waals surface area contributed by atoms with Gasteiger partial charge in [-0.05, 0) is 25.0 Å². The number of halogens is 2. The lowest BCUT2D eigenvalue weighted by Gasteiger charge is -2.33. The molecule has 1 N–H and O–H groups in total. The molecule has 0 bridgehead atoms. The highest BCUT2D eigenvalue weighted by molar-refractivity contribution is 6.04. The van der Waals surface area contributed by atoms with Crippen LogP contribution in [-0.2, 0) is 9.59 Å². The summed E-state index contributed by atoms with van der Waals surface area (Å²) in [6, 6.07) is 3.45. The molecule has 2 amide bonds. The van der Waals surface area contributed by atoms with Gasteiger partial charge in [0.25, 0.3) is 5.91 Å². The summed E-state index contributed by atoms with van der Waals surface area (Å²) in [5, 5.41) is 2.71. The number of anilines is 1. The number of nitrogens with zero attached hydrogens (tertiary/aromatic N) is 1. The van der Waals surface area contributed by atoms with E-state index in [0.717, 1.165) is 17.0 Å². The van der Waals surface area contributed by atoms with Crippen LogP contribution in [0.5, 0.6) is 0 Å². The van der Waals surface area contributed by atoms with E-state index >= 15 is 0 Å². The van der Waals surface area contributed by atoms with Crippen LogP contribution in [0.4, 0.5) is 14.5 Å². The fourth-order valence-corrected chi connectivity index (χ4v) is 2.65. The molecule has 2 rings (SSSR count). The molecule has 1 saturated heterocycles. The average Bonchev–Trinajstić information content (AvgIpc) is 2.58. The molecule has 1 aliphatic rings. The third-order valence-electron chi connectivity index (χ3n) is 4.01. The monoisotopic (exact) mass is 296 g/mol. The number of amides is 2. The summed E-state index contributed by atoms with van der Waals surface area (Å²) < 4.78 is 27.9. The normalized spacial score (nSPS) is 18.4. The standard InChI is InChI=1S/C15H18F2N2O2/c1-3-15(4-2)14(21)19(9-8-12(20)18-15)13-10(16)6-5-7-11(13)17/h5-7H,3-4,8-9H2,1-2H3,(H,18,20). The van der Waals surface area contributed by atoms with Crippen molar-refractivity contribution in [3.05, 3.63) is 29.8 Å². The Morgan fingerprint density at radius 1 is 1.19 bits per heavy atom. The van der Waals surface area contributed by atoms with Gasteiger partial charge in [0.2, 0.25) is 5.91 Å². The van der Waals surface area contributed by atoms with Crippen LogP contribution in [0.25, 0.3) is 0 Å². The summed E-state index contributed by atoms with van der Waals surface area (Å²) in [6.07, 6.45) is 0.739. The second-order valence-corrected chi connectivity index (χ2v) is 5.11. The maximum atomic E-state index is 14.0. The first-order valence-electron chi connectivity index (χ1n) is 7.02. The van der Waals surface area contributed by atoms with Gasteiger partial charge < -0.3 is 10.2 Å². The molecular formula is C15H18F2N2O2. The Morgan fingerprint density at radius 3 is 2.29 bits per heavy atom. The van der Waals surface area contributed by atoms with Crippen molar-refractivity contribution in [2.75, 3.05) is 11.4 Å². The number of benzene rings is 1. The summed E-state index contributed by atoms with van der Waals surface area (Å²) >= 11 is 0. The maximum Gasteiger partial charge on any atom is 0.252 e. The highest BCUT2D eigenvalue weighted by Crippen LogP contribution is 2.29. The van der Waals surface area contributed by atoms with Gasteiger partial charge in [-0.1, -0.05) is 19.9 Å². The van der Waals surface area contributed by atoms with Crippen molar-refractivity contribution >= 4 is 17.5 Å². The minimum absolute atomic E-state index is 0.0151. The fourth-order valence-electron chi connectivity index (χ4n) is 2.65. The van der Waals surface area contributed by atoms with E-state index in [1.54, 1.807) is 13.8 Å². The van der Waals surface area contributed by atoms with Crippen LogP contribution < -0.4 is 10.2 Å². The number of para-hydroxylation sites is 1. The molecular weight excluding hydrogens is 278 g/mol. The number of hydrogen-bond acceptors (Lipinski definition) is 2. The zero-order chi connectivity index (χ0) is 15.6. The molecule has 0 aliphatic carbocycles. The summed E-state index contributed by atoms with van der Waals surface area (Å²) in [5.41, 5.74) is -1.49. The molecule has 21 heavy (non-hydrogen) atoms. The lowest BCUT2D eigenvalue weighted by atomic mass is 9.91. The average molecular weight is 296 g/mol. The predicted molar refractivity (Wildman–Crippen MR) is 74.8 cm³/mol. The highest BCUT2D eigenvalue weighted by atomic mass is 19.1. The fraction of sp³-hybridized carbons (Fsp3) is 0.467. The van der Waals surface area contributed by atoms with E-state index < -0.39 is 23.1 Å². The van der Waals surface area contributed by atoms with Gasteiger partial charge in [-0.15, -0.1) is 0 Å². The zero-order valence-electron chi connectivity index (χ0n) is 12.1. The number of hydrogen-bond donors (Lipinski definition) is 1. The molecule has 0 radical (unpaired) electrons. The molecule has 0 unspecified atom stereocenters. The van der Waals surface area contributed by atoms with Gasteiger partial charge in [0.15, 0.2) is 0 Å². The van der Waals surface area contributed by atoms with E-state index in [4.69, 9.17) is 0 Å². The van der Waals surface area contributed by atoms with Crippen molar-refractivity contribution in [1.82, 2.24) is 5.32 Å². The van der Waals surface area contributed by atoms with Crippen LogP contribution in [0.2, 0.25) is 0 Å². The van der Waals surface area contributed by atoms with Crippen molar-refractivity contribution in [1.29, 1.82) is 0 Å². The second-order valence-electron chi connectivity index (χ2n) is 5.11. The smallest absolute Gasteiger partial charge is 0.252 e. The molecule has 114 valence electrons. The number of carbonyl (C=O) groups excluding carboxylic acids is 2. The van der Waals surface area contributed by atoms with Gasteiger partial charge in [0, 0.05) is 13.0 Å². The van der Waals surface area contributed by atoms with Crippen molar-refractivity contribution < 1.29 is 18.4 Å². The molecule has 0 saturated carbocycles. The zero-order valence-corrected chi connectivity index (χ0v) is 12.1. The second kappa shape index (κ2) is 5.79. The molecule has 1 fully saturated rings. The highest BCUT2D eigenvalue weighted by Gasteiger charge is 2.43. The topological polar surface area (TPSA) is 49.4 Å². The van der Waals surface area contributed by atoms with Crippen molar-refractivity contribution in [2.24, 2.45) is 0 Å². The summed E-state index contributed by atoms with van der Waals surface area (Å²) in [7, 11) is 0. The first kappa shape index (κ1) is 15.4. The molecule has 6 heteroatoms. The summed E-state index contributed by atoms with van der Waals surface area (Å²) in [5.74, 6) is -2.37. The number of rotatable bonds is 3. The van der Waals surface area contributed by atoms with Crippen LogP contribution in [0.1, 0.15) is 33.1 Å². The van der Waals surface area contributed by atoms with Gasteiger partial charge in [-0.25, -0.2) is 8.78 Å². The molecule has 1 aromatic rings. The van der Waals surface area contributed by atoms with Crippen LogP contribution in [0, 0.1) is 11.6 Å². The molecule has 1 aromatic carbocycles. The molecule has 0 aromatic heterocycles. The van der Waals surface area contributed by atoms with Gasteiger partial charge in [-0.2, -0.15) is 0 Å². The number of nitrogens with one attached hydrogen (secondary N) is 1. The Morgan fingerprint density at radius 2 is 1.76 bits per heavy atom. The molecule has 1 heterocycles. The van der Waals surface area contributed by atoms with Gasteiger partial charge in [0.05, 0.1) is 0 Å². The predicted octanol–water partition coefficient (Wildman–Crippen LogP) is 2.38. The van der Waals surface area contributed by atoms with E-state index in [0.29, 0.717) is 12.8 Å². The summed E-state index contributed by atoms with van der Waals surface area (Å²) in [4.78, 5) is 25.6. The Labute approximate surface area is 122 Å². The van der Waals surface area contributed by atoms with Crippen LogP contribution >= 0.6 is 0 Å². The first-order chi connectivity index (χ1) is 9.95. The van der Waals surface area contributed by atoms with E-state index in [-0.39, 0.29) is 24.6 Å². The van der Waals surface area contributed by atoms with Crippen molar-refractivity contribution in [3.8, 4) is 0 Å². The molecule has 0 atom stereocenters. The quantitative estimate of drug-likeness (QED) is 0.931. The Kier molecular flexibility index (Phi) is 4.25. The largest absolute Gasteiger partial charge is 0.342 e. The van der Waals surface area contributed by atoms with Gasteiger partial charge in [-0.3, -0.25) is 9.59 Å². The molecule has 1 aliphatic heterocycles. The first-order valence-corrected chi connectivity index (χ1v) is 7.02. The third-order valence-corrected chi connectivity index (χ3v) is 4.01. The van der Waals surface area contributed by atoms with Crippen LogP contribution in [0.3, 0.4) is 0 Å². The van der Waals surface area contributed by atoms with Gasteiger partial charge >= 0.3 is 0 Å². The van der Waals surface area contributed by atoms with Gasteiger partial charge in [0.1, 0.15) is 22.9 Å². The van der Waals surface area contributed by atoms with E-state index in [1.165, 1.54) is 6.07 Å². The van der Waals surface area contributed by atoms with E-state index in [1.807, 2.05) is 0 Å². The van der Waals surface area contributed by atoms with E-state index in [2.05, 4.69) is 5.32 Å². The minimum atomic E-state index is -1.11. The number of carbonyl (C=O) groups is 2. The maximum absolute atomic E-state index is 14.0. The lowest BCUT2D eigenvalue weighted by molar-refractivity contribution is -0.130. The Bertz CT molecular complexity index is 551. The Hall–Kier alpha value is -1.98. The molecule has 0 spiro atoms. The van der Waals surface area contributed by atoms with Crippen molar-refractivity contribution in [3.63, 3.8) is 0 Å². The Balaban J connectivity index is 2.52.